The number of carbonyl (C=O) groups excluding carboxylic acids is 1. The van der Waals surface area contributed by atoms with Gasteiger partial charge >= 0.3 is 5.69 Å². The summed E-state index contributed by atoms with van der Waals surface area (Å²) in [5.74, 6) is -0.967. The molecule has 1 amide bonds. The Morgan fingerprint density at radius 2 is 1.84 bits per heavy atom. The van der Waals surface area contributed by atoms with E-state index in [1.54, 1.807) is 42.5 Å². The van der Waals surface area contributed by atoms with Crippen molar-refractivity contribution in [2.24, 2.45) is 19.1 Å². The third kappa shape index (κ3) is 5.30. The minimum absolute atomic E-state index is 0.0946. The number of hydrogen-bond acceptors (Lipinski definition) is 6. The molecule has 2 aromatic carbocycles. The van der Waals surface area contributed by atoms with E-state index in [-0.39, 0.29) is 22.3 Å². The number of anilines is 1. The summed E-state index contributed by atoms with van der Waals surface area (Å²) in [5, 5.41) is 13.9. The fourth-order valence-corrected chi connectivity index (χ4v) is 3.92. The van der Waals surface area contributed by atoms with Crippen LogP contribution in [-0.4, -0.2) is 30.9 Å². The molecule has 0 spiro atoms. The van der Waals surface area contributed by atoms with E-state index in [1.807, 2.05) is 13.0 Å². The smallest absolute Gasteiger partial charge is 0.333 e. The molecule has 0 fully saturated rings. The van der Waals surface area contributed by atoms with Gasteiger partial charge in [-0.2, -0.15) is 0 Å². The number of aromatic nitrogens is 2. The van der Waals surface area contributed by atoms with E-state index in [1.165, 1.54) is 14.1 Å². The van der Waals surface area contributed by atoms with Crippen LogP contribution in [0.15, 0.2) is 63.1 Å². The van der Waals surface area contributed by atoms with Crippen LogP contribution >= 0.6 is 23.4 Å². The molecule has 3 rings (SSSR count). The number of hydrogen-bond donors (Lipinski definition) is 2. The molecular formula is C22H21ClN4O4S. The number of benzene rings is 2. The van der Waals surface area contributed by atoms with Gasteiger partial charge in [0, 0.05) is 24.8 Å². The maximum Gasteiger partial charge on any atom is 0.333 e. The van der Waals surface area contributed by atoms with Gasteiger partial charge in [0.15, 0.2) is 0 Å². The number of nitrogens with one attached hydrogen (secondary N) is 1. The largest absolute Gasteiger partial charge is 0.494 e. The first-order chi connectivity index (χ1) is 15.2. The van der Waals surface area contributed by atoms with Crippen molar-refractivity contribution in [1.29, 1.82) is 0 Å². The van der Waals surface area contributed by atoms with Crippen LogP contribution < -0.4 is 16.6 Å². The SMILES string of the molecule is Cc1cccc(N=C(SCC(=O)Nc2cccc(Cl)c2)c2c(O)n(C)c(=O)n(C)c2=O)c1. The Morgan fingerprint density at radius 3 is 2.53 bits per heavy atom. The molecule has 1 aromatic heterocycles. The number of aliphatic imine (C=N–C) groups is 1. The molecular weight excluding hydrogens is 452 g/mol. The lowest BCUT2D eigenvalue weighted by Gasteiger charge is -2.13. The van der Waals surface area contributed by atoms with Crippen molar-refractivity contribution in [2.75, 3.05) is 11.1 Å². The molecule has 3 aromatic rings. The number of aryl methyl sites for hydroxylation is 1. The molecule has 0 atom stereocenters. The lowest BCUT2D eigenvalue weighted by molar-refractivity contribution is -0.113. The van der Waals surface area contributed by atoms with Gasteiger partial charge in [-0.1, -0.05) is 41.6 Å². The molecule has 0 radical (unpaired) electrons. The van der Waals surface area contributed by atoms with Gasteiger partial charge in [-0.15, -0.1) is 0 Å². The number of aromatic hydroxyl groups is 1. The fourth-order valence-electron chi connectivity index (χ4n) is 2.89. The lowest BCUT2D eigenvalue weighted by Crippen LogP contribution is -2.39. The molecule has 0 aliphatic carbocycles. The zero-order valence-corrected chi connectivity index (χ0v) is 19.2. The van der Waals surface area contributed by atoms with Gasteiger partial charge in [0.2, 0.25) is 11.8 Å². The first kappa shape index (κ1) is 23.4. The second-order valence-corrected chi connectivity index (χ2v) is 8.41. The van der Waals surface area contributed by atoms with Crippen molar-refractivity contribution in [3.05, 3.63) is 85.5 Å². The zero-order valence-electron chi connectivity index (χ0n) is 17.6. The topological polar surface area (TPSA) is 106 Å². The minimum atomic E-state index is -0.709. The predicted molar refractivity (Wildman–Crippen MR) is 129 cm³/mol. The normalized spacial score (nSPS) is 11.4. The third-order valence-electron chi connectivity index (χ3n) is 4.53. The second-order valence-electron chi connectivity index (χ2n) is 7.01. The van der Waals surface area contributed by atoms with Crippen LogP contribution in [0.1, 0.15) is 11.1 Å². The highest BCUT2D eigenvalue weighted by Crippen LogP contribution is 2.24. The van der Waals surface area contributed by atoms with Crippen LogP contribution in [0.25, 0.3) is 0 Å². The fraction of sp³-hybridized carbons (Fsp3) is 0.182. The number of rotatable bonds is 5. The van der Waals surface area contributed by atoms with Gasteiger partial charge < -0.3 is 10.4 Å². The Morgan fingerprint density at radius 1 is 1.12 bits per heavy atom. The second kappa shape index (κ2) is 9.88. The standard InChI is InChI=1S/C22H21ClN4O4S/c1-13-6-4-8-15(10-13)25-19(18-20(29)26(2)22(31)27(3)21(18)30)32-12-17(28)24-16-9-5-7-14(23)11-16/h4-11,29H,12H2,1-3H3,(H,24,28). The molecule has 0 saturated carbocycles. The van der Waals surface area contributed by atoms with Gasteiger partial charge in [0.05, 0.1) is 11.4 Å². The number of amides is 1. The molecule has 10 heteroatoms. The summed E-state index contributed by atoms with van der Waals surface area (Å²) in [7, 11) is 2.66. The van der Waals surface area contributed by atoms with Crippen molar-refractivity contribution in [1.82, 2.24) is 9.13 Å². The van der Waals surface area contributed by atoms with E-state index in [9.17, 15) is 19.5 Å². The van der Waals surface area contributed by atoms with E-state index in [4.69, 9.17) is 11.6 Å². The van der Waals surface area contributed by atoms with E-state index in [0.717, 1.165) is 26.5 Å². The van der Waals surface area contributed by atoms with Gasteiger partial charge in [-0.3, -0.25) is 18.7 Å². The molecule has 32 heavy (non-hydrogen) atoms. The highest BCUT2D eigenvalue weighted by atomic mass is 35.5. The van der Waals surface area contributed by atoms with Gasteiger partial charge in [0.25, 0.3) is 5.56 Å². The number of nitrogens with zero attached hydrogens (tertiary/aromatic N) is 3. The maximum absolute atomic E-state index is 12.8. The molecule has 1 heterocycles. The summed E-state index contributed by atoms with van der Waals surface area (Å²) in [5.41, 5.74) is 0.484. The monoisotopic (exact) mass is 472 g/mol. The first-order valence-corrected chi connectivity index (χ1v) is 10.9. The molecule has 0 bridgehead atoms. The Balaban J connectivity index is 1.99. The summed E-state index contributed by atoms with van der Waals surface area (Å²) >= 11 is 6.92. The van der Waals surface area contributed by atoms with E-state index in [2.05, 4.69) is 10.3 Å². The van der Waals surface area contributed by atoms with E-state index < -0.39 is 17.1 Å². The molecule has 166 valence electrons. The Bertz CT molecular complexity index is 1330. The summed E-state index contributed by atoms with van der Waals surface area (Å²) in [6.07, 6.45) is 0. The Hall–Kier alpha value is -3.30. The maximum atomic E-state index is 12.8. The van der Waals surface area contributed by atoms with Crippen LogP contribution in [0.3, 0.4) is 0 Å². The molecule has 8 nitrogen and oxygen atoms in total. The van der Waals surface area contributed by atoms with Crippen molar-refractivity contribution < 1.29 is 9.90 Å². The van der Waals surface area contributed by atoms with E-state index in [0.29, 0.717) is 16.4 Å². The van der Waals surface area contributed by atoms with Crippen molar-refractivity contribution in [3.8, 4) is 5.88 Å². The third-order valence-corrected chi connectivity index (χ3v) is 5.74. The molecule has 0 unspecified atom stereocenters. The number of halogens is 1. The lowest BCUT2D eigenvalue weighted by atomic mass is 10.2. The van der Waals surface area contributed by atoms with Crippen LogP contribution in [0.4, 0.5) is 11.4 Å². The average Bonchev–Trinajstić information content (AvgIpc) is 2.74. The first-order valence-electron chi connectivity index (χ1n) is 9.50. The average molecular weight is 473 g/mol. The van der Waals surface area contributed by atoms with Crippen molar-refractivity contribution >= 4 is 45.7 Å². The van der Waals surface area contributed by atoms with Crippen LogP contribution in [0.2, 0.25) is 5.02 Å². The molecule has 2 N–H and O–H groups in total. The van der Waals surface area contributed by atoms with Gasteiger partial charge in [0.1, 0.15) is 10.6 Å². The number of thioether (sulfide) groups is 1. The summed E-state index contributed by atoms with van der Waals surface area (Å²) in [6.45, 7) is 1.90. The zero-order chi connectivity index (χ0) is 23.4. The van der Waals surface area contributed by atoms with Crippen LogP contribution in [-0.2, 0) is 18.9 Å². The summed E-state index contributed by atoms with van der Waals surface area (Å²) in [4.78, 5) is 41.9. The molecule has 0 saturated heterocycles. The Labute approximate surface area is 193 Å². The van der Waals surface area contributed by atoms with Crippen molar-refractivity contribution in [3.63, 3.8) is 0 Å². The van der Waals surface area contributed by atoms with Crippen LogP contribution in [0.5, 0.6) is 5.88 Å². The molecule has 0 aliphatic heterocycles. The van der Waals surface area contributed by atoms with Gasteiger partial charge in [-0.25, -0.2) is 9.79 Å². The van der Waals surface area contributed by atoms with Crippen LogP contribution in [0, 0.1) is 6.92 Å². The summed E-state index contributed by atoms with van der Waals surface area (Å²) < 4.78 is 1.84. The van der Waals surface area contributed by atoms with Gasteiger partial charge in [-0.05, 0) is 42.8 Å². The Kier molecular flexibility index (Phi) is 7.22. The van der Waals surface area contributed by atoms with E-state index >= 15 is 0 Å². The highest BCUT2D eigenvalue weighted by Gasteiger charge is 2.22. The van der Waals surface area contributed by atoms with Crippen molar-refractivity contribution in [2.45, 2.75) is 6.92 Å². The molecule has 0 aliphatic rings. The number of carbonyl (C=O) groups is 1. The highest BCUT2D eigenvalue weighted by molar-refractivity contribution is 8.15. The minimum Gasteiger partial charge on any atom is -0.494 e. The summed E-state index contributed by atoms with van der Waals surface area (Å²) in [6, 6.07) is 14.0. The quantitative estimate of drug-likeness (QED) is 0.438. The predicted octanol–water partition coefficient (Wildman–Crippen LogP) is 3.20.